The van der Waals surface area contributed by atoms with Gasteiger partial charge in [-0.15, -0.1) is 0 Å². The fourth-order valence-corrected chi connectivity index (χ4v) is 5.81. The molecule has 1 aromatic carbocycles. The molecule has 29 heavy (non-hydrogen) atoms. The lowest BCUT2D eigenvalue weighted by molar-refractivity contribution is -0.157. The van der Waals surface area contributed by atoms with E-state index in [4.69, 9.17) is 9.47 Å². The molecule has 1 spiro atoms. The molecule has 2 N–H and O–H groups in total. The van der Waals surface area contributed by atoms with Crippen LogP contribution in [0.15, 0.2) is 18.2 Å². The highest BCUT2D eigenvalue weighted by Gasteiger charge is 2.57. The molecule has 0 aromatic heterocycles. The van der Waals surface area contributed by atoms with Gasteiger partial charge in [0.2, 0.25) is 5.91 Å². The number of nitrogens with one attached hydrogen (secondary N) is 1. The van der Waals surface area contributed by atoms with Crippen LogP contribution in [-0.2, 0) is 4.79 Å². The lowest BCUT2D eigenvalue weighted by Gasteiger charge is -2.55. The van der Waals surface area contributed by atoms with Gasteiger partial charge in [0, 0.05) is 37.4 Å². The predicted octanol–water partition coefficient (Wildman–Crippen LogP) is 1.93. The summed E-state index contributed by atoms with van der Waals surface area (Å²) in [7, 11) is 1.59. The Morgan fingerprint density at radius 2 is 2.21 bits per heavy atom. The zero-order valence-electron chi connectivity index (χ0n) is 16.7. The van der Waals surface area contributed by atoms with Gasteiger partial charge in [-0.1, -0.05) is 0 Å². The Balaban J connectivity index is 1.37. The maximum Gasteiger partial charge on any atom is 0.258 e. The predicted molar refractivity (Wildman–Crippen MR) is 105 cm³/mol. The maximum absolute atomic E-state index is 13.2. The third kappa shape index (κ3) is 3.06. The van der Waals surface area contributed by atoms with Gasteiger partial charge < -0.3 is 24.8 Å². The highest BCUT2D eigenvalue weighted by Crippen LogP contribution is 2.53. The Kier molecular flexibility index (Phi) is 4.46. The minimum atomic E-state index is -0.739. The van der Waals surface area contributed by atoms with Crippen molar-refractivity contribution in [3.8, 4) is 11.5 Å². The summed E-state index contributed by atoms with van der Waals surface area (Å²) in [5.41, 5.74) is -0.217. The topological polar surface area (TPSA) is 88.1 Å². The van der Waals surface area contributed by atoms with E-state index in [1.165, 1.54) is 0 Å². The number of fused-ring (bicyclic) bond motifs is 3. The summed E-state index contributed by atoms with van der Waals surface area (Å²) < 4.78 is 11.7. The van der Waals surface area contributed by atoms with E-state index in [1.54, 1.807) is 25.3 Å². The van der Waals surface area contributed by atoms with Crippen LogP contribution in [0.1, 0.15) is 48.9 Å². The Morgan fingerprint density at radius 1 is 1.34 bits per heavy atom. The number of aliphatic hydroxyl groups is 1. The van der Waals surface area contributed by atoms with Crippen LogP contribution < -0.4 is 14.8 Å². The number of hydrogen-bond donors (Lipinski definition) is 2. The smallest absolute Gasteiger partial charge is 0.258 e. The molecule has 7 heteroatoms. The highest BCUT2D eigenvalue weighted by molar-refractivity contribution is 5.98. The Morgan fingerprint density at radius 3 is 2.93 bits per heavy atom. The van der Waals surface area contributed by atoms with Crippen molar-refractivity contribution in [1.82, 2.24) is 10.2 Å². The van der Waals surface area contributed by atoms with Gasteiger partial charge in [-0.05, 0) is 50.2 Å². The van der Waals surface area contributed by atoms with E-state index in [0.717, 1.165) is 38.6 Å². The number of carbonyl (C=O) groups is 2. The number of rotatable bonds is 2. The zero-order valence-corrected chi connectivity index (χ0v) is 16.7. The molecule has 2 aliphatic heterocycles. The van der Waals surface area contributed by atoms with E-state index in [9.17, 15) is 14.7 Å². The quantitative estimate of drug-likeness (QED) is 0.792. The molecule has 0 unspecified atom stereocenters. The van der Waals surface area contributed by atoms with E-state index in [-0.39, 0.29) is 29.6 Å². The van der Waals surface area contributed by atoms with Crippen LogP contribution in [0.3, 0.4) is 0 Å². The number of carbonyl (C=O) groups excluding carboxylic acids is 2. The first-order valence-electron chi connectivity index (χ1n) is 10.7. The third-order valence-electron chi connectivity index (χ3n) is 7.29. The van der Waals surface area contributed by atoms with E-state index in [2.05, 4.69) is 5.32 Å². The second-order valence-corrected chi connectivity index (χ2v) is 8.97. The van der Waals surface area contributed by atoms with Crippen molar-refractivity contribution in [1.29, 1.82) is 0 Å². The molecule has 0 radical (unpaired) electrons. The number of β-amino-alcohol motifs (C(OH)–C–C–N with tert-alkyl or cyclic N) is 1. The van der Waals surface area contributed by atoms with Crippen molar-refractivity contribution < 1.29 is 24.2 Å². The number of nitrogens with zero attached hydrogens (tertiary/aromatic N) is 1. The molecule has 1 aromatic rings. The third-order valence-corrected chi connectivity index (χ3v) is 7.29. The molecule has 156 valence electrons. The van der Waals surface area contributed by atoms with Crippen LogP contribution in [0, 0.1) is 17.8 Å². The Labute approximate surface area is 170 Å². The summed E-state index contributed by atoms with van der Waals surface area (Å²) in [5, 5.41) is 13.1. The van der Waals surface area contributed by atoms with Gasteiger partial charge >= 0.3 is 0 Å². The van der Waals surface area contributed by atoms with Gasteiger partial charge in [0.15, 0.2) is 5.72 Å². The lowest BCUT2D eigenvalue weighted by Crippen LogP contribution is -2.67. The number of piperidine rings is 1. The number of likely N-dealkylation sites (tertiary alicyclic amines) is 1. The molecular weight excluding hydrogens is 372 g/mol. The van der Waals surface area contributed by atoms with Crippen LogP contribution in [-0.4, -0.2) is 53.8 Å². The van der Waals surface area contributed by atoms with Crippen molar-refractivity contribution >= 4 is 11.8 Å². The highest BCUT2D eigenvalue weighted by atomic mass is 16.5. The molecule has 5 aliphatic rings. The molecule has 2 amide bonds. The number of amides is 2. The monoisotopic (exact) mass is 400 g/mol. The van der Waals surface area contributed by atoms with Crippen LogP contribution in [0.25, 0.3) is 0 Å². The van der Waals surface area contributed by atoms with Gasteiger partial charge in [-0.2, -0.15) is 0 Å². The maximum atomic E-state index is 13.2. The van der Waals surface area contributed by atoms with E-state index < -0.39 is 11.8 Å². The number of aliphatic hydroxyl groups excluding tert-OH is 1. The summed E-state index contributed by atoms with van der Waals surface area (Å²) in [6, 6.07) is 5.26. The average molecular weight is 400 g/mol. The lowest BCUT2D eigenvalue weighted by atomic mass is 9.59. The summed E-state index contributed by atoms with van der Waals surface area (Å²) in [5.74, 6) is 1.49. The molecule has 1 saturated heterocycles. The number of ether oxygens (including phenoxy) is 2. The number of benzene rings is 1. The van der Waals surface area contributed by atoms with E-state index in [0.29, 0.717) is 30.0 Å². The summed E-state index contributed by atoms with van der Waals surface area (Å²) in [6.45, 7) is 1.17. The van der Waals surface area contributed by atoms with Crippen molar-refractivity contribution in [2.24, 2.45) is 17.8 Å². The van der Waals surface area contributed by atoms with Crippen LogP contribution in [0.2, 0.25) is 0 Å². The minimum absolute atomic E-state index is 0.0446. The first kappa shape index (κ1) is 18.7. The van der Waals surface area contributed by atoms with Gasteiger partial charge in [0.05, 0.1) is 18.8 Å². The van der Waals surface area contributed by atoms with Crippen LogP contribution >= 0.6 is 0 Å². The molecule has 3 aliphatic carbocycles. The fraction of sp³-hybridized carbons (Fsp3) is 0.636. The zero-order chi connectivity index (χ0) is 20.2. The number of methoxy groups -OCH3 is 1. The molecule has 5 atom stereocenters. The molecule has 7 nitrogen and oxygen atoms in total. The number of hydrogen-bond acceptors (Lipinski definition) is 5. The Bertz CT molecular complexity index is 842. The normalized spacial score (nSPS) is 35.7. The van der Waals surface area contributed by atoms with Gasteiger partial charge in [-0.25, -0.2) is 0 Å². The molecule has 2 heterocycles. The first-order chi connectivity index (χ1) is 14.0. The Hall–Kier alpha value is -2.28. The second kappa shape index (κ2) is 6.90. The summed E-state index contributed by atoms with van der Waals surface area (Å²) in [4.78, 5) is 27.8. The molecule has 3 saturated carbocycles. The van der Waals surface area contributed by atoms with E-state index >= 15 is 0 Å². The van der Waals surface area contributed by atoms with Gasteiger partial charge in [-0.3, -0.25) is 9.59 Å². The van der Waals surface area contributed by atoms with Crippen LogP contribution in [0.5, 0.6) is 11.5 Å². The van der Waals surface area contributed by atoms with Gasteiger partial charge in [0.1, 0.15) is 11.5 Å². The summed E-state index contributed by atoms with van der Waals surface area (Å²) in [6.07, 6.45) is 4.50. The molecule has 2 bridgehead atoms. The van der Waals surface area contributed by atoms with E-state index in [1.807, 2.05) is 4.90 Å². The van der Waals surface area contributed by atoms with Crippen molar-refractivity contribution in [2.75, 3.05) is 20.2 Å². The second-order valence-electron chi connectivity index (χ2n) is 8.97. The largest absolute Gasteiger partial charge is 0.497 e. The standard InChI is InChI=1S/C22H28N2O5/c1-28-16-6-7-17-19(10-16)29-22(23-20(17)26)11-13-4-5-14(22)9-18(13)21(27)24-8-2-3-15(25)12-24/h6-7,10,13-15,18,25H,2-5,8-9,11-12H2,1H3,(H,23,26)/t13-,14+,15-,18-,22+/m0/s1. The van der Waals surface area contributed by atoms with Crippen molar-refractivity contribution in [3.05, 3.63) is 23.8 Å². The fourth-order valence-electron chi connectivity index (χ4n) is 5.81. The first-order valence-corrected chi connectivity index (χ1v) is 10.7. The molecular formula is C22H28N2O5. The average Bonchev–Trinajstić information content (AvgIpc) is 2.73. The van der Waals surface area contributed by atoms with Crippen molar-refractivity contribution in [2.45, 2.75) is 50.4 Å². The van der Waals surface area contributed by atoms with Crippen LogP contribution in [0.4, 0.5) is 0 Å². The SMILES string of the molecule is COc1ccc2c(c1)O[C@@]1(C[C@@H]3CC[C@@H]1C[C@@H]3C(=O)N1CCC[C@H](O)C1)NC2=O. The molecule has 4 fully saturated rings. The van der Waals surface area contributed by atoms with Gasteiger partial charge in [0.25, 0.3) is 5.91 Å². The minimum Gasteiger partial charge on any atom is -0.497 e. The molecule has 6 rings (SSSR count). The summed E-state index contributed by atoms with van der Waals surface area (Å²) >= 11 is 0. The van der Waals surface area contributed by atoms with Crippen molar-refractivity contribution in [3.63, 3.8) is 0 Å².